The first kappa shape index (κ1) is 17.4. The van der Waals surface area contributed by atoms with Crippen LogP contribution < -0.4 is 0 Å². The minimum atomic E-state index is 0. The average molecular weight is 244 g/mol. The minimum absolute atomic E-state index is 0. The maximum absolute atomic E-state index is 7.46. The fraction of sp³-hybridized carbons (Fsp3) is 0.333. The van der Waals surface area contributed by atoms with E-state index in [-0.39, 0.29) is 35.1 Å². The van der Waals surface area contributed by atoms with Gasteiger partial charge in [-0.2, -0.15) is 0 Å². The molecule has 0 heterocycles. The van der Waals surface area contributed by atoms with Gasteiger partial charge >= 0.3 is 21.1 Å². The fourth-order valence-corrected chi connectivity index (χ4v) is 0. The smallest absolute Gasteiger partial charge is 0.428 e. The molecule has 0 radical (unpaired) electrons. The predicted octanol–water partition coefficient (Wildman–Crippen LogP) is 0.261. The van der Waals surface area contributed by atoms with Crippen LogP contribution in [-0.4, -0.2) is 11.7 Å². The molecule has 0 bridgehead atoms. The third-order valence-corrected chi connectivity index (χ3v) is 0. The predicted molar refractivity (Wildman–Crippen MR) is 18.9 cm³/mol. The molecule has 1 nitrogen and oxygen atoms in total. The van der Waals surface area contributed by atoms with Crippen molar-refractivity contribution in [2.75, 3.05) is 6.61 Å². The second-order valence-corrected chi connectivity index (χ2v) is 0.224. The Morgan fingerprint density at radius 3 is 1.60 bits per heavy atom. The molecule has 1 N–H and O–H groups in total. The SMILES string of the molecule is [CH2-]CO.[CH3-].[W+2]. The van der Waals surface area contributed by atoms with Crippen molar-refractivity contribution in [2.24, 2.45) is 0 Å². The first-order chi connectivity index (χ1) is 1.41. The molecule has 0 atom stereocenters. The van der Waals surface area contributed by atoms with E-state index in [4.69, 9.17) is 5.11 Å². The third-order valence-electron chi connectivity index (χ3n) is 0. The second-order valence-electron chi connectivity index (χ2n) is 0.224. The summed E-state index contributed by atoms with van der Waals surface area (Å²) in [6.07, 6.45) is 0. The molecule has 0 aromatic carbocycles. The van der Waals surface area contributed by atoms with Crippen LogP contribution in [0.25, 0.3) is 0 Å². The maximum atomic E-state index is 7.46. The van der Waals surface area contributed by atoms with Crippen LogP contribution >= 0.6 is 0 Å². The Morgan fingerprint density at radius 1 is 1.60 bits per heavy atom. The zero-order chi connectivity index (χ0) is 2.71. The van der Waals surface area contributed by atoms with Crippen LogP contribution in [0.5, 0.6) is 0 Å². The van der Waals surface area contributed by atoms with Crippen molar-refractivity contribution in [1.29, 1.82) is 0 Å². The van der Waals surface area contributed by atoms with Gasteiger partial charge in [0.25, 0.3) is 0 Å². The first-order valence-corrected chi connectivity index (χ1v) is 0.816. The van der Waals surface area contributed by atoms with E-state index in [0.29, 0.717) is 0 Å². The van der Waals surface area contributed by atoms with E-state index in [0.717, 1.165) is 0 Å². The molecule has 0 amide bonds. The van der Waals surface area contributed by atoms with Crippen molar-refractivity contribution < 1.29 is 26.2 Å². The minimum Gasteiger partial charge on any atom is -0.428 e. The van der Waals surface area contributed by atoms with Crippen molar-refractivity contribution in [2.45, 2.75) is 0 Å². The van der Waals surface area contributed by atoms with E-state index in [9.17, 15) is 0 Å². The zero-order valence-corrected chi connectivity index (χ0v) is 6.20. The summed E-state index contributed by atoms with van der Waals surface area (Å²) in [5.41, 5.74) is 0. The van der Waals surface area contributed by atoms with Crippen LogP contribution in [0.2, 0.25) is 0 Å². The van der Waals surface area contributed by atoms with Gasteiger partial charge in [0.1, 0.15) is 0 Å². The van der Waals surface area contributed by atoms with E-state index in [1.165, 1.54) is 0 Å². The van der Waals surface area contributed by atoms with Crippen LogP contribution in [-0.2, 0) is 21.1 Å². The first-order valence-electron chi connectivity index (χ1n) is 0.816. The van der Waals surface area contributed by atoms with Crippen molar-refractivity contribution in [3.63, 3.8) is 0 Å². The molecule has 2 heteroatoms. The van der Waals surface area contributed by atoms with E-state index >= 15 is 0 Å². The zero-order valence-electron chi connectivity index (χ0n) is 3.27. The van der Waals surface area contributed by atoms with Gasteiger partial charge in [0.2, 0.25) is 0 Å². The van der Waals surface area contributed by atoms with Crippen LogP contribution in [0, 0.1) is 14.4 Å². The summed E-state index contributed by atoms with van der Waals surface area (Å²) in [6, 6.07) is 0. The van der Waals surface area contributed by atoms with Crippen molar-refractivity contribution in [1.82, 2.24) is 0 Å². The van der Waals surface area contributed by atoms with Crippen molar-refractivity contribution in [3.8, 4) is 0 Å². The summed E-state index contributed by atoms with van der Waals surface area (Å²) in [6.45, 7) is 3.04. The van der Waals surface area contributed by atoms with Crippen LogP contribution in [0.1, 0.15) is 0 Å². The normalized spacial score (nSPS) is 3.60. The Morgan fingerprint density at radius 2 is 1.60 bits per heavy atom. The molecular weight excluding hydrogens is 236 g/mol. The standard InChI is InChI=1S/C2H5O.CH3.W/c1-2-3;;/h3H,1-2H2;1H3;/q2*-1;+2. The molecule has 32 valence electrons. The number of hydrogen-bond donors (Lipinski definition) is 1. The second kappa shape index (κ2) is 22.8. The van der Waals surface area contributed by atoms with Gasteiger partial charge in [0.15, 0.2) is 0 Å². The van der Waals surface area contributed by atoms with Gasteiger partial charge in [-0.1, -0.05) is 6.61 Å². The molecule has 0 aromatic heterocycles. The number of rotatable bonds is 0. The third kappa shape index (κ3) is 77.6. The Balaban J connectivity index is -0.0000000200. The topological polar surface area (TPSA) is 20.2 Å². The number of aliphatic hydroxyl groups is 1. The maximum Gasteiger partial charge on any atom is 2.00 e. The van der Waals surface area contributed by atoms with Crippen LogP contribution in [0.15, 0.2) is 0 Å². The van der Waals surface area contributed by atoms with Crippen molar-refractivity contribution in [3.05, 3.63) is 14.4 Å². The Bertz CT molecular complexity index is 6.85. The molecular formula is C3H8OW. The van der Waals surface area contributed by atoms with Crippen LogP contribution in [0.3, 0.4) is 0 Å². The Hall–Kier alpha value is 0.648. The van der Waals surface area contributed by atoms with E-state index < -0.39 is 0 Å². The van der Waals surface area contributed by atoms with Gasteiger partial charge in [-0.05, 0) is 0 Å². The number of hydrogen-bond acceptors (Lipinski definition) is 1. The monoisotopic (exact) mass is 244 g/mol. The molecule has 5 heavy (non-hydrogen) atoms. The van der Waals surface area contributed by atoms with E-state index in [1.54, 1.807) is 0 Å². The average Bonchev–Trinajstić information content (AvgIpc) is 0.918. The summed E-state index contributed by atoms with van der Waals surface area (Å²) in [5.74, 6) is 0. The molecule has 0 rings (SSSR count). The largest absolute Gasteiger partial charge is 2.00 e. The fourth-order valence-electron chi connectivity index (χ4n) is 0. The molecule has 0 aliphatic rings. The summed E-state index contributed by atoms with van der Waals surface area (Å²) >= 11 is 0. The molecule has 0 saturated heterocycles. The van der Waals surface area contributed by atoms with Gasteiger partial charge in [0.05, 0.1) is 0 Å². The quantitative estimate of drug-likeness (QED) is 0.606. The molecule has 0 saturated carbocycles. The van der Waals surface area contributed by atoms with Gasteiger partial charge in [0, 0.05) is 0 Å². The molecule has 0 unspecified atom stereocenters. The van der Waals surface area contributed by atoms with Gasteiger partial charge in [-0.3, -0.25) is 0 Å². The van der Waals surface area contributed by atoms with Crippen LogP contribution in [0.4, 0.5) is 0 Å². The number of aliphatic hydroxyl groups excluding tert-OH is 1. The van der Waals surface area contributed by atoms with Crippen molar-refractivity contribution >= 4 is 0 Å². The molecule has 0 aliphatic heterocycles. The molecule has 0 aliphatic carbocycles. The summed E-state index contributed by atoms with van der Waals surface area (Å²) in [7, 11) is 0. The molecule has 0 fully saturated rings. The Labute approximate surface area is 47.7 Å². The Kier molecular flexibility index (Phi) is 79.3. The molecule has 0 aromatic rings. The summed E-state index contributed by atoms with van der Waals surface area (Å²) in [5, 5.41) is 7.46. The van der Waals surface area contributed by atoms with Gasteiger partial charge < -0.3 is 19.5 Å². The van der Waals surface area contributed by atoms with E-state index in [2.05, 4.69) is 6.92 Å². The van der Waals surface area contributed by atoms with Gasteiger partial charge in [-0.25, -0.2) is 0 Å². The molecule has 0 spiro atoms. The summed E-state index contributed by atoms with van der Waals surface area (Å²) < 4.78 is 0. The summed E-state index contributed by atoms with van der Waals surface area (Å²) in [4.78, 5) is 0. The van der Waals surface area contributed by atoms with Gasteiger partial charge in [-0.15, -0.1) is 0 Å². The van der Waals surface area contributed by atoms with E-state index in [1.807, 2.05) is 0 Å².